The Morgan fingerprint density at radius 1 is 1.04 bits per heavy atom. The summed E-state index contributed by atoms with van der Waals surface area (Å²) in [5, 5.41) is 0.0590. The first kappa shape index (κ1) is 21.8. The highest BCUT2D eigenvalue weighted by molar-refractivity contribution is 7.87. The summed E-state index contributed by atoms with van der Waals surface area (Å²) in [6.45, 7) is -0.369. The summed E-state index contributed by atoms with van der Waals surface area (Å²) in [5.74, 6) is 0.636. The van der Waals surface area contributed by atoms with Crippen LogP contribution in [-0.2, 0) is 19.1 Å². The summed E-state index contributed by atoms with van der Waals surface area (Å²) in [6, 6.07) is 0. The van der Waals surface area contributed by atoms with E-state index in [1.807, 2.05) is 0 Å². The summed E-state index contributed by atoms with van der Waals surface area (Å²) in [5.41, 5.74) is -5.31. The van der Waals surface area contributed by atoms with Gasteiger partial charge in [0, 0.05) is 6.42 Å². The lowest BCUT2D eigenvalue weighted by Gasteiger charge is -2.21. The molecule has 0 aromatic heterocycles. The van der Waals surface area contributed by atoms with Crippen molar-refractivity contribution in [2.45, 2.75) is 75.0 Å². The maximum Gasteiger partial charge on any atom is 0.523 e. The fourth-order valence-electron chi connectivity index (χ4n) is 2.83. The lowest BCUT2D eigenvalue weighted by atomic mass is 9.87. The Morgan fingerprint density at radius 3 is 2.08 bits per heavy atom. The molecule has 0 saturated heterocycles. The Labute approximate surface area is 147 Å². The van der Waals surface area contributed by atoms with Gasteiger partial charge in [-0.1, -0.05) is 38.5 Å². The second-order valence-electron chi connectivity index (χ2n) is 6.24. The lowest BCUT2D eigenvalue weighted by molar-refractivity contribution is -0.119. The second kappa shape index (κ2) is 10.0. The number of halogens is 3. The number of rotatable bonds is 4. The van der Waals surface area contributed by atoms with Crippen LogP contribution in [0.15, 0.2) is 0 Å². The molecule has 24 heavy (non-hydrogen) atoms. The van der Waals surface area contributed by atoms with Gasteiger partial charge in [-0.2, -0.15) is 34.2 Å². The van der Waals surface area contributed by atoms with Crippen LogP contribution in [-0.4, -0.2) is 31.6 Å². The Balaban J connectivity index is 0.000000300. The monoisotopic (exact) mass is 390 g/mol. The van der Waals surface area contributed by atoms with Gasteiger partial charge in [0.2, 0.25) is 0 Å². The molecule has 0 aromatic carbocycles. The molecule has 1 unspecified atom stereocenters. The number of Topliss-reactive ketones (excluding diaryl/α,β-unsaturated/α-hetero) is 1. The predicted molar refractivity (Wildman–Crippen MR) is 88.4 cm³/mol. The zero-order chi connectivity index (χ0) is 18.2. The van der Waals surface area contributed by atoms with Crippen LogP contribution < -0.4 is 0 Å². The van der Waals surface area contributed by atoms with Gasteiger partial charge in [0.05, 0.1) is 11.9 Å². The molecule has 0 aromatic rings. The average Bonchev–Trinajstić information content (AvgIpc) is 2.51. The van der Waals surface area contributed by atoms with Crippen LogP contribution in [0.3, 0.4) is 0 Å². The Hall–Kier alpha value is -0.280. The Bertz CT molecular complexity index is 485. The summed E-state index contributed by atoms with van der Waals surface area (Å²) in [6.07, 6.45) is 9.58. The van der Waals surface area contributed by atoms with Crippen molar-refractivity contribution in [1.82, 2.24) is 0 Å². The van der Waals surface area contributed by atoms with Gasteiger partial charge in [-0.25, -0.2) is 0 Å². The molecule has 0 heterocycles. The molecule has 2 fully saturated rings. The maximum absolute atomic E-state index is 11.9. The number of alkyl halides is 3. The minimum absolute atomic E-state index is 0.0590. The van der Waals surface area contributed by atoms with Gasteiger partial charge in [-0.3, -0.25) is 8.98 Å². The first-order valence-corrected chi connectivity index (χ1v) is 10.2. The first-order valence-electron chi connectivity index (χ1n) is 8.30. The van der Waals surface area contributed by atoms with Crippen molar-refractivity contribution in [3.8, 4) is 0 Å². The number of carbonyl (C=O) groups excluding carboxylic acids is 1. The molecule has 142 valence electrons. The van der Waals surface area contributed by atoms with Crippen molar-refractivity contribution >= 4 is 28.5 Å². The van der Waals surface area contributed by atoms with E-state index in [1.54, 1.807) is 0 Å². The van der Waals surface area contributed by atoms with E-state index >= 15 is 0 Å². The highest BCUT2D eigenvalue weighted by Gasteiger charge is 2.47. The Kier molecular flexibility index (Phi) is 9.08. The van der Waals surface area contributed by atoms with Gasteiger partial charge in [0.25, 0.3) is 0 Å². The third-order valence-corrected chi connectivity index (χ3v) is 5.89. The van der Waals surface area contributed by atoms with E-state index in [9.17, 15) is 26.4 Å². The smallest absolute Gasteiger partial charge is 0.298 e. The second-order valence-corrected chi connectivity index (χ2v) is 8.47. The highest BCUT2D eigenvalue weighted by atomic mass is 32.2. The molecule has 0 N–H and O–H groups in total. The summed E-state index contributed by atoms with van der Waals surface area (Å²) in [7, 11) is -5.40. The molecule has 0 aliphatic heterocycles. The molecule has 2 saturated carbocycles. The van der Waals surface area contributed by atoms with E-state index in [-0.39, 0.29) is 11.9 Å². The minimum atomic E-state index is -5.40. The molecule has 2 rings (SSSR count). The van der Waals surface area contributed by atoms with Crippen molar-refractivity contribution in [1.29, 1.82) is 0 Å². The zero-order valence-corrected chi connectivity index (χ0v) is 15.3. The van der Waals surface area contributed by atoms with E-state index in [2.05, 4.69) is 16.8 Å². The quantitative estimate of drug-likeness (QED) is 0.443. The van der Waals surface area contributed by atoms with Crippen LogP contribution in [0, 0.1) is 5.92 Å². The van der Waals surface area contributed by atoms with Gasteiger partial charge in [0.1, 0.15) is 5.78 Å². The molecule has 0 spiro atoms. The van der Waals surface area contributed by atoms with E-state index in [0.717, 1.165) is 51.4 Å². The van der Waals surface area contributed by atoms with Gasteiger partial charge in [0.15, 0.2) is 0 Å². The number of carbonyl (C=O) groups is 1. The third-order valence-electron chi connectivity index (χ3n) is 4.30. The fourth-order valence-corrected chi connectivity index (χ4v) is 3.59. The molecule has 2 aliphatic rings. The molecule has 0 bridgehead atoms. The molecule has 1 atom stereocenters. The van der Waals surface area contributed by atoms with E-state index < -0.39 is 15.6 Å². The molecular weight excluding hydrogens is 365 g/mol. The molecule has 4 nitrogen and oxygen atoms in total. The average molecular weight is 390 g/mol. The van der Waals surface area contributed by atoms with Crippen LogP contribution in [0.1, 0.15) is 64.2 Å². The van der Waals surface area contributed by atoms with Gasteiger partial charge >= 0.3 is 15.6 Å². The summed E-state index contributed by atoms with van der Waals surface area (Å²) >= 11 is 4.11. The van der Waals surface area contributed by atoms with Crippen molar-refractivity contribution in [3.05, 3.63) is 0 Å². The SMILES string of the molecule is O=C1CCCCC1S.O=S(=O)(OCCC1CCCCC1)C(F)(F)F. The largest absolute Gasteiger partial charge is 0.523 e. The number of hydrogen-bond acceptors (Lipinski definition) is 5. The zero-order valence-electron chi connectivity index (χ0n) is 13.6. The normalized spacial score (nSPS) is 23.5. The maximum atomic E-state index is 11.9. The predicted octanol–water partition coefficient (Wildman–Crippen LogP) is 4.25. The number of hydrogen-bond donors (Lipinski definition) is 1. The minimum Gasteiger partial charge on any atom is -0.298 e. The fraction of sp³-hybridized carbons (Fsp3) is 0.933. The summed E-state index contributed by atoms with van der Waals surface area (Å²) in [4.78, 5) is 10.7. The van der Waals surface area contributed by atoms with E-state index in [1.165, 1.54) is 6.42 Å². The molecule has 0 radical (unpaired) electrons. The molecule has 9 heteroatoms. The molecule has 2 aliphatic carbocycles. The number of ketones is 1. The van der Waals surface area contributed by atoms with E-state index in [4.69, 9.17) is 0 Å². The Morgan fingerprint density at radius 2 is 1.62 bits per heavy atom. The lowest BCUT2D eigenvalue weighted by Crippen LogP contribution is -2.26. The molecule has 0 amide bonds. The van der Waals surface area contributed by atoms with Crippen LogP contribution in [0.2, 0.25) is 0 Å². The summed E-state index contributed by atoms with van der Waals surface area (Å²) < 4.78 is 60.7. The third kappa shape index (κ3) is 7.74. The van der Waals surface area contributed by atoms with Gasteiger partial charge in [-0.15, -0.1) is 0 Å². The van der Waals surface area contributed by atoms with Gasteiger partial charge < -0.3 is 0 Å². The number of thiol groups is 1. The topological polar surface area (TPSA) is 60.4 Å². The molecular formula is C15H25F3O4S2. The highest BCUT2D eigenvalue weighted by Crippen LogP contribution is 2.28. The van der Waals surface area contributed by atoms with Crippen LogP contribution >= 0.6 is 12.6 Å². The van der Waals surface area contributed by atoms with Crippen molar-refractivity contribution in [2.24, 2.45) is 5.92 Å². The first-order chi connectivity index (χ1) is 11.1. The van der Waals surface area contributed by atoms with Gasteiger partial charge in [-0.05, 0) is 25.2 Å². The standard InChI is InChI=1S/C9H15F3O3S.C6H10OS/c10-9(11,12)16(13,14)15-7-6-8-4-2-1-3-5-8;7-5-3-1-2-4-6(5)8/h8H,1-7H2;6,8H,1-4H2. The van der Waals surface area contributed by atoms with Crippen molar-refractivity contribution in [3.63, 3.8) is 0 Å². The van der Waals surface area contributed by atoms with Crippen LogP contribution in [0.5, 0.6) is 0 Å². The van der Waals surface area contributed by atoms with E-state index in [0.29, 0.717) is 18.1 Å². The van der Waals surface area contributed by atoms with Crippen LogP contribution in [0.4, 0.5) is 13.2 Å². The van der Waals surface area contributed by atoms with Crippen molar-refractivity contribution < 1.29 is 30.6 Å². The van der Waals surface area contributed by atoms with Crippen LogP contribution in [0.25, 0.3) is 0 Å². The van der Waals surface area contributed by atoms with Crippen molar-refractivity contribution in [2.75, 3.05) is 6.61 Å².